The summed E-state index contributed by atoms with van der Waals surface area (Å²) in [7, 11) is 0. The van der Waals surface area contributed by atoms with Gasteiger partial charge in [0.1, 0.15) is 5.69 Å². The molecule has 60 valence electrons. The van der Waals surface area contributed by atoms with Gasteiger partial charge in [-0.15, -0.1) is 0 Å². The van der Waals surface area contributed by atoms with Crippen LogP contribution in [0.1, 0.15) is 0 Å². The first-order valence-corrected chi connectivity index (χ1v) is 3.45. The molecule has 2 heterocycles. The molecule has 0 spiro atoms. The Kier molecular flexibility index (Phi) is 1.51. The standard InChI is InChI=1S/C8H6N2O2/c11-8-4-6(9-5-10-8)7-2-1-3-12-7/h1-5H,(H,9,10,11). The third kappa shape index (κ3) is 1.14. The molecule has 0 unspecified atom stereocenters. The minimum atomic E-state index is -0.184. The Hall–Kier alpha value is -1.84. The Labute approximate surface area is 67.9 Å². The fraction of sp³-hybridized carbons (Fsp3) is 0. The van der Waals surface area contributed by atoms with Gasteiger partial charge < -0.3 is 9.40 Å². The van der Waals surface area contributed by atoms with Crippen molar-refractivity contribution < 1.29 is 4.42 Å². The molecule has 0 amide bonds. The summed E-state index contributed by atoms with van der Waals surface area (Å²) >= 11 is 0. The molecule has 0 atom stereocenters. The molecule has 0 bridgehead atoms. The second-order valence-electron chi connectivity index (χ2n) is 2.27. The Morgan fingerprint density at radius 1 is 1.50 bits per heavy atom. The zero-order valence-electron chi connectivity index (χ0n) is 6.15. The van der Waals surface area contributed by atoms with E-state index in [1.54, 1.807) is 12.1 Å². The van der Waals surface area contributed by atoms with Crippen LogP contribution in [0, 0.1) is 0 Å². The number of hydrogen-bond acceptors (Lipinski definition) is 3. The van der Waals surface area contributed by atoms with Gasteiger partial charge in [-0.1, -0.05) is 0 Å². The van der Waals surface area contributed by atoms with Crippen LogP contribution in [0.3, 0.4) is 0 Å². The van der Waals surface area contributed by atoms with Crippen molar-refractivity contribution in [2.45, 2.75) is 0 Å². The number of hydrogen-bond donors (Lipinski definition) is 1. The van der Waals surface area contributed by atoms with Gasteiger partial charge in [-0.3, -0.25) is 4.79 Å². The molecule has 4 heteroatoms. The quantitative estimate of drug-likeness (QED) is 0.681. The summed E-state index contributed by atoms with van der Waals surface area (Å²) in [4.78, 5) is 17.2. The molecule has 1 N–H and O–H groups in total. The minimum Gasteiger partial charge on any atom is -0.463 e. The molecule has 0 fully saturated rings. The number of aromatic nitrogens is 2. The van der Waals surface area contributed by atoms with E-state index in [-0.39, 0.29) is 5.56 Å². The molecule has 12 heavy (non-hydrogen) atoms. The average Bonchev–Trinajstić information content (AvgIpc) is 2.56. The minimum absolute atomic E-state index is 0.184. The topological polar surface area (TPSA) is 58.9 Å². The lowest BCUT2D eigenvalue weighted by Gasteiger charge is -1.91. The van der Waals surface area contributed by atoms with Crippen LogP contribution in [-0.2, 0) is 0 Å². The fourth-order valence-corrected chi connectivity index (χ4v) is 0.928. The van der Waals surface area contributed by atoms with Crippen molar-refractivity contribution in [1.82, 2.24) is 9.97 Å². The van der Waals surface area contributed by atoms with Gasteiger partial charge in [0.05, 0.1) is 12.6 Å². The van der Waals surface area contributed by atoms with Crippen LogP contribution in [0.15, 0.2) is 40.0 Å². The molecule has 0 aliphatic carbocycles. The number of aromatic amines is 1. The molecule has 0 radical (unpaired) electrons. The lowest BCUT2D eigenvalue weighted by Crippen LogP contribution is -2.03. The lowest BCUT2D eigenvalue weighted by molar-refractivity contribution is 0.579. The first-order valence-electron chi connectivity index (χ1n) is 3.45. The molecule has 4 nitrogen and oxygen atoms in total. The maximum atomic E-state index is 10.8. The monoisotopic (exact) mass is 162 g/mol. The normalized spacial score (nSPS) is 10.0. The van der Waals surface area contributed by atoms with E-state index in [0.717, 1.165) is 0 Å². The number of nitrogens with zero attached hydrogens (tertiary/aromatic N) is 1. The van der Waals surface area contributed by atoms with Crippen molar-refractivity contribution >= 4 is 0 Å². The van der Waals surface area contributed by atoms with Crippen molar-refractivity contribution in [2.24, 2.45) is 0 Å². The van der Waals surface area contributed by atoms with Crippen molar-refractivity contribution in [3.8, 4) is 11.5 Å². The second-order valence-corrected chi connectivity index (χ2v) is 2.27. The molecule has 0 saturated heterocycles. The van der Waals surface area contributed by atoms with Crippen LogP contribution in [0.25, 0.3) is 11.5 Å². The molecular formula is C8H6N2O2. The van der Waals surface area contributed by atoms with Crippen molar-refractivity contribution in [3.63, 3.8) is 0 Å². The van der Waals surface area contributed by atoms with Crippen LogP contribution in [-0.4, -0.2) is 9.97 Å². The van der Waals surface area contributed by atoms with E-state index in [4.69, 9.17) is 4.42 Å². The van der Waals surface area contributed by atoms with Gasteiger partial charge in [0, 0.05) is 6.07 Å². The predicted molar refractivity (Wildman–Crippen MR) is 42.6 cm³/mol. The highest BCUT2D eigenvalue weighted by atomic mass is 16.3. The molecule has 2 rings (SSSR count). The SMILES string of the molecule is O=c1cc(-c2ccco2)nc[nH]1. The Balaban J connectivity index is 2.55. The van der Waals surface area contributed by atoms with Crippen LogP contribution in [0.4, 0.5) is 0 Å². The summed E-state index contributed by atoms with van der Waals surface area (Å²) in [5, 5.41) is 0. The van der Waals surface area contributed by atoms with E-state index in [0.29, 0.717) is 11.5 Å². The van der Waals surface area contributed by atoms with Gasteiger partial charge >= 0.3 is 0 Å². The molecular weight excluding hydrogens is 156 g/mol. The highest BCUT2D eigenvalue weighted by Crippen LogP contribution is 2.13. The second kappa shape index (κ2) is 2.65. The van der Waals surface area contributed by atoms with E-state index < -0.39 is 0 Å². The molecule has 0 aromatic carbocycles. The Morgan fingerprint density at radius 2 is 2.42 bits per heavy atom. The van der Waals surface area contributed by atoms with Gasteiger partial charge in [0.15, 0.2) is 5.76 Å². The van der Waals surface area contributed by atoms with Crippen molar-refractivity contribution in [1.29, 1.82) is 0 Å². The van der Waals surface area contributed by atoms with E-state index in [9.17, 15) is 4.79 Å². The van der Waals surface area contributed by atoms with Crippen LogP contribution in [0.5, 0.6) is 0 Å². The molecule has 0 aliphatic rings. The van der Waals surface area contributed by atoms with Crippen molar-refractivity contribution in [3.05, 3.63) is 41.1 Å². The molecule has 2 aromatic rings. The first-order chi connectivity index (χ1) is 5.86. The summed E-state index contributed by atoms with van der Waals surface area (Å²) < 4.78 is 5.06. The average molecular weight is 162 g/mol. The highest BCUT2D eigenvalue weighted by molar-refractivity contribution is 5.50. The van der Waals surface area contributed by atoms with Crippen molar-refractivity contribution in [2.75, 3.05) is 0 Å². The summed E-state index contributed by atoms with van der Waals surface area (Å²) in [5.41, 5.74) is 0.361. The maximum absolute atomic E-state index is 10.8. The number of rotatable bonds is 1. The van der Waals surface area contributed by atoms with Gasteiger partial charge in [-0.2, -0.15) is 0 Å². The van der Waals surface area contributed by atoms with Crippen LogP contribution < -0.4 is 5.56 Å². The van der Waals surface area contributed by atoms with Crippen LogP contribution in [0.2, 0.25) is 0 Å². The van der Waals surface area contributed by atoms with E-state index >= 15 is 0 Å². The number of furan rings is 1. The maximum Gasteiger partial charge on any atom is 0.251 e. The van der Waals surface area contributed by atoms with Crippen LogP contribution >= 0.6 is 0 Å². The first kappa shape index (κ1) is 6.84. The summed E-state index contributed by atoms with van der Waals surface area (Å²) in [6.07, 6.45) is 2.89. The van der Waals surface area contributed by atoms with Gasteiger partial charge in [0.25, 0.3) is 5.56 Å². The van der Waals surface area contributed by atoms with Gasteiger partial charge in [-0.05, 0) is 12.1 Å². The smallest absolute Gasteiger partial charge is 0.251 e. The molecule has 0 saturated carbocycles. The Bertz CT molecular complexity index is 417. The number of nitrogens with one attached hydrogen (secondary N) is 1. The third-order valence-corrected chi connectivity index (χ3v) is 1.45. The lowest BCUT2D eigenvalue weighted by atomic mass is 10.3. The Morgan fingerprint density at radius 3 is 3.08 bits per heavy atom. The number of H-pyrrole nitrogens is 1. The van der Waals surface area contributed by atoms with E-state index in [1.807, 2.05) is 0 Å². The van der Waals surface area contributed by atoms with E-state index in [1.165, 1.54) is 18.7 Å². The highest BCUT2D eigenvalue weighted by Gasteiger charge is 2.00. The van der Waals surface area contributed by atoms with Gasteiger partial charge in [0.2, 0.25) is 0 Å². The summed E-state index contributed by atoms with van der Waals surface area (Å²) in [6, 6.07) is 4.89. The summed E-state index contributed by atoms with van der Waals surface area (Å²) in [5.74, 6) is 0.598. The third-order valence-electron chi connectivity index (χ3n) is 1.45. The fourth-order valence-electron chi connectivity index (χ4n) is 0.928. The molecule has 2 aromatic heterocycles. The summed E-state index contributed by atoms with van der Waals surface area (Å²) in [6.45, 7) is 0. The molecule has 0 aliphatic heterocycles. The largest absolute Gasteiger partial charge is 0.463 e. The predicted octanol–water partition coefficient (Wildman–Crippen LogP) is 1.03. The zero-order valence-corrected chi connectivity index (χ0v) is 6.15. The van der Waals surface area contributed by atoms with E-state index in [2.05, 4.69) is 9.97 Å². The zero-order chi connectivity index (χ0) is 8.39. The van der Waals surface area contributed by atoms with Gasteiger partial charge in [-0.25, -0.2) is 4.98 Å².